The van der Waals surface area contributed by atoms with Crippen molar-refractivity contribution in [3.8, 4) is 5.75 Å². The second-order valence-corrected chi connectivity index (χ2v) is 4.61. The van der Waals surface area contributed by atoms with Crippen molar-refractivity contribution in [3.05, 3.63) is 29.3 Å². The first kappa shape index (κ1) is 13.5. The van der Waals surface area contributed by atoms with E-state index in [9.17, 15) is 4.79 Å². The highest BCUT2D eigenvalue weighted by Crippen LogP contribution is 2.22. The molecule has 4 heteroatoms. The van der Waals surface area contributed by atoms with Gasteiger partial charge in [-0.05, 0) is 32.6 Å². The van der Waals surface area contributed by atoms with E-state index in [-0.39, 0.29) is 6.09 Å². The Morgan fingerprint density at radius 2 is 1.88 bits per heavy atom. The van der Waals surface area contributed by atoms with Gasteiger partial charge in [-0.25, -0.2) is 4.79 Å². The molecule has 0 aromatic heterocycles. The predicted molar refractivity (Wildman–Crippen MR) is 68.3 cm³/mol. The minimum atomic E-state index is -0.351. The molecule has 1 rings (SSSR count). The molecule has 0 heterocycles. The maximum Gasteiger partial charge on any atom is 0.414 e. The van der Waals surface area contributed by atoms with Crippen LogP contribution in [-0.4, -0.2) is 44.1 Å². The second-order valence-electron chi connectivity index (χ2n) is 4.61. The summed E-state index contributed by atoms with van der Waals surface area (Å²) in [5.74, 6) is 0.636. The molecule has 0 bridgehead atoms. The number of carbonyl (C=O) groups excluding carboxylic acids is 1. The summed E-state index contributed by atoms with van der Waals surface area (Å²) in [4.78, 5) is 15.0. The summed E-state index contributed by atoms with van der Waals surface area (Å²) in [6, 6.07) is 5.90. The van der Waals surface area contributed by atoms with Crippen LogP contribution in [0.5, 0.6) is 5.75 Å². The Hall–Kier alpha value is -1.55. The van der Waals surface area contributed by atoms with E-state index >= 15 is 0 Å². The highest BCUT2D eigenvalue weighted by Gasteiger charge is 2.11. The van der Waals surface area contributed by atoms with Gasteiger partial charge in [0, 0.05) is 26.2 Å². The van der Waals surface area contributed by atoms with Crippen LogP contribution in [0.2, 0.25) is 0 Å². The fourth-order valence-electron chi connectivity index (χ4n) is 1.41. The van der Waals surface area contributed by atoms with E-state index in [1.165, 1.54) is 4.90 Å². The number of ether oxygens (including phenoxy) is 1. The maximum atomic E-state index is 11.6. The maximum absolute atomic E-state index is 11.6. The molecule has 1 aromatic carbocycles. The normalized spacial score (nSPS) is 10.5. The summed E-state index contributed by atoms with van der Waals surface area (Å²) >= 11 is 0. The van der Waals surface area contributed by atoms with Crippen molar-refractivity contribution in [3.63, 3.8) is 0 Å². The molecule has 0 saturated carbocycles. The molecule has 0 unspecified atom stereocenters. The topological polar surface area (TPSA) is 32.8 Å². The lowest BCUT2D eigenvalue weighted by Gasteiger charge is -2.16. The molecule has 0 fully saturated rings. The van der Waals surface area contributed by atoms with Gasteiger partial charge in [-0.3, -0.25) is 0 Å². The van der Waals surface area contributed by atoms with Crippen molar-refractivity contribution in [2.75, 3.05) is 28.2 Å². The van der Waals surface area contributed by atoms with Crippen LogP contribution in [0.1, 0.15) is 11.1 Å². The minimum Gasteiger partial charge on any atom is -0.410 e. The lowest BCUT2D eigenvalue weighted by atomic mass is 10.1. The van der Waals surface area contributed by atoms with E-state index in [0.717, 1.165) is 17.7 Å². The fraction of sp³-hybridized carbons (Fsp3) is 0.462. The van der Waals surface area contributed by atoms with Crippen molar-refractivity contribution in [2.24, 2.45) is 0 Å². The fourth-order valence-corrected chi connectivity index (χ4v) is 1.41. The average molecular weight is 236 g/mol. The van der Waals surface area contributed by atoms with Crippen LogP contribution in [-0.2, 0) is 6.54 Å². The van der Waals surface area contributed by atoms with E-state index in [4.69, 9.17) is 4.74 Å². The molecular formula is C13H20N2O2. The number of aryl methyl sites for hydroxylation is 1. The monoisotopic (exact) mass is 236 g/mol. The van der Waals surface area contributed by atoms with Crippen LogP contribution < -0.4 is 4.74 Å². The number of amides is 1. The lowest BCUT2D eigenvalue weighted by Crippen LogP contribution is -2.26. The molecule has 0 N–H and O–H groups in total. The summed E-state index contributed by atoms with van der Waals surface area (Å²) in [6.07, 6.45) is -0.351. The Labute approximate surface area is 103 Å². The van der Waals surface area contributed by atoms with Gasteiger partial charge >= 0.3 is 6.09 Å². The van der Waals surface area contributed by atoms with Gasteiger partial charge in [0.05, 0.1) is 0 Å². The molecule has 0 aliphatic rings. The third kappa shape index (κ3) is 4.07. The van der Waals surface area contributed by atoms with Crippen molar-refractivity contribution >= 4 is 6.09 Å². The van der Waals surface area contributed by atoms with Crippen LogP contribution >= 0.6 is 0 Å². The number of hydrogen-bond acceptors (Lipinski definition) is 3. The van der Waals surface area contributed by atoms with Crippen molar-refractivity contribution in [2.45, 2.75) is 13.5 Å². The highest BCUT2D eigenvalue weighted by atomic mass is 16.6. The van der Waals surface area contributed by atoms with Gasteiger partial charge in [-0.15, -0.1) is 0 Å². The predicted octanol–water partition coefficient (Wildman–Crippen LogP) is 2.12. The molecule has 17 heavy (non-hydrogen) atoms. The number of hydrogen-bond donors (Lipinski definition) is 0. The van der Waals surface area contributed by atoms with Crippen LogP contribution in [0.4, 0.5) is 4.79 Å². The van der Waals surface area contributed by atoms with Crippen LogP contribution in [0.25, 0.3) is 0 Å². The molecule has 94 valence electrons. The first-order valence-corrected chi connectivity index (χ1v) is 5.53. The van der Waals surface area contributed by atoms with Crippen molar-refractivity contribution < 1.29 is 9.53 Å². The molecule has 0 aliphatic heterocycles. The van der Waals surface area contributed by atoms with Gasteiger partial charge in [0.2, 0.25) is 0 Å². The van der Waals surface area contributed by atoms with Gasteiger partial charge in [0.25, 0.3) is 0 Å². The van der Waals surface area contributed by atoms with E-state index in [1.54, 1.807) is 14.1 Å². The molecular weight excluding hydrogens is 216 g/mol. The van der Waals surface area contributed by atoms with Crippen LogP contribution in [0.3, 0.4) is 0 Å². The van der Waals surface area contributed by atoms with E-state index in [1.807, 2.05) is 44.1 Å². The second kappa shape index (κ2) is 5.68. The SMILES string of the molecule is Cc1ccc(CN(C)C)c(OC(=O)N(C)C)c1. The molecule has 4 nitrogen and oxygen atoms in total. The summed E-state index contributed by atoms with van der Waals surface area (Å²) in [6.45, 7) is 2.72. The molecule has 1 aromatic rings. The molecule has 0 saturated heterocycles. The summed E-state index contributed by atoms with van der Waals surface area (Å²) < 4.78 is 5.35. The van der Waals surface area contributed by atoms with Gasteiger partial charge < -0.3 is 14.5 Å². The van der Waals surface area contributed by atoms with Crippen LogP contribution in [0.15, 0.2) is 18.2 Å². The number of nitrogens with zero attached hydrogens (tertiary/aromatic N) is 2. The molecule has 0 radical (unpaired) electrons. The summed E-state index contributed by atoms with van der Waals surface area (Å²) in [7, 11) is 7.31. The highest BCUT2D eigenvalue weighted by molar-refractivity contribution is 5.70. The van der Waals surface area contributed by atoms with E-state index in [2.05, 4.69) is 0 Å². The summed E-state index contributed by atoms with van der Waals surface area (Å²) in [5.41, 5.74) is 2.09. The Bertz CT molecular complexity index is 400. The van der Waals surface area contributed by atoms with Gasteiger partial charge in [0.1, 0.15) is 5.75 Å². The van der Waals surface area contributed by atoms with Gasteiger partial charge in [0.15, 0.2) is 0 Å². The third-order valence-electron chi connectivity index (χ3n) is 2.27. The zero-order valence-electron chi connectivity index (χ0n) is 11.2. The standard InChI is InChI=1S/C13H20N2O2/c1-10-6-7-11(9-14(2)3)12(8-10)17-13(16)15(4)5/h6-8H,9H2,1-5H3. The Balaban J connectivity index is 2.94. The molecule has 0 aliphatic carbocycles. The Kier molecular flexibility index (Phi) is 4.52. The number of rotatable bonds is 3. The van der Waals surface area contributed by atoms with E-state index in [0.29, 0.717) is 5.75 Å². The van der Waals surface area contributed by atoms with Crippen molar-refractivity contribution in [1.29, 1.82) is 0 Å². The molecule has 0 spiro atoms. The minimum absolute atomic E-state index is 0.351. The smallest absolute Gasteiger partial charge is 0.410 e. The largest absolute Gasteiger partial charge is 0.414 e. The summed E-state index contributed by atoms with van der Waals surface area (Å²) in [5, 5.41) is 0. The Morgan fingerprint density at radius 1 is 1.24 bits per heavy atom. The zero-order chi connectivity index (χ0) is 13.0. The van der Waals surface area contributed by atoms with Gasteiger partial charge in [-0.2, -0.15) is 0 Å². The number of benzene rings is 1. The average Bonchev–Trinajstić information content (AvgIpc) is 2.21. The van der Waals surface area contributed by atoms with Crippen molar-refractivity contribution in [1.82, 2.24) is 9.80 Å². The zero-order valence-corrected chi connectivity index (χ0v) is 11.2. The molecule has 1 amide bonds. The lowest BCUT2D eigenvalue weighted by molar-refractivity contribution is 0.171. The molecule has 0 atom stereocenters. The first-order valence-electron chi connectivity index (χ1n) is 5.53. The number of carbonyl (C=O) groups is 1. The third-order valence-corrected chi connectivity index (χ3v) is 2.27. The quantitative estimate of drug-likeness (QED) is 0.806. The van der Waals surface area contributed by atoms with Gasteiger partial charge in [-0.1, -0.05) is 12.1 Å². The Morgan fingerprint density at radius 3 is 2.41 bits per heavy atom. The van der Waals surface area contributed by atoms with E-state index < -0.39 is 0 Å². The first-order chi connectivity index (χ1) is 7.90. The van der Waals surface area contributed by atoms with Crippen LogP contribution in [0, 0.1) is 6.92 Å².